The number of hydrogen-bond acceptors (Lipinski definition) is 4. The predicted molar refractivity (Wildman–Crippen MR) is 54.3 cm³/mol. The zero-order valence-electron chi connectivity index (χ0n) is 10.3. The topological polar surface area (TPSA) is 196 Å². The standard InChI is InChI=1S/C3H6O2.2C2H5O.3H3N/c1-2-3(4)5;2*1-2-3;;;/h2H2,1H3,(H,4,5);2*2H2,1H3;3*1H3/q;2*-1;;;/p+2. The molecule has 12 N–H and O–H groups in total. The molecule has 0 saturated carbocycles. The molecule has 0 aliphatic heterocycles. The molecule has 0 aromatic carbocycles. The molecule has 0 unspecified atom stereocenters. The molecule has 94 valence electrons. The number of rotatable bonds is 1. The second kappa shape index (κ2) is 56.1. The summed E-state index contributed by atoms with van der Waals surface area (Å²) in [7, 11) is 0. The molecule has 0 rings (SSSR count). The Hall–Kier alpha value is -0.730. The van der Waals surface area contributed by atoms with Gasteiger partial charge in [-0.2, -0.15) is 0 Å². The van der Waals surface area contributed by atoms with Crippen molar-refractivity contribution in [3.63, 3.8) is 0 Å². The van der Waals surface area contributed by atoms with Crippen molar-refractivity contribution in [1.82, 2.24) is 18.5 Å². The average Bonchev–Trinajstić information content (AvgIpc) is 1.91. The maximum atomic E-state index is 9.26. The van der Waals surface area contributed by atoms with Crippen LogP contribution in [0.2, 0.25) is 0 Å². The summed E-state index contributed by atoms with van der Waals surface area (Å²) in [6.45, 7) is 4.68. The molecule has 0 radical (unpaired) electrons. The quantitative estimate of drug-likeness (QED) is 0.506. The summed E-state index contributed by atoms with van der Waals surface area (Å²) in [4.78, 5) is 9.26. The van der Waals surface area contributed by atoms with E-state index in [-0.39, 0.29) is 38.1 Å². The van der Waals surface area contributed by atoms with Crippen LogP contribution < -0.4 is 33.8 Å². The van der Waals surface area contributed by atoms with E-state index in [2.05, 4.69) is 0 Å². The Morgan fingerprint density at radius 3 is 1.00 bits per heavy atom. The van der Waals surface area contributed by atoms with E-state index < -0.39 is 5.97 Å². The van der Waals surface area contributed by atoms with Gasteiger partial charge in [0.25, 0.3) is 0 Å². The Morgan fingerprint density at radius 2 is 1.00 bits per heavy atom. The number of aliphatic carboxylic acids is 1. The highest BCUT2D eigenvalue weighted by atomic mass is 16.4. The van der Waals surface area contributed by atoms with E-state index in [9.17, 15) is 9.90 Å². The maximum Gasteiger partial charge on any atom is 0.0411 e. The molecular formula is C7H27N3O4. The van der Waals surface area contributed by atoms with Crippen molar-refractivity contribution in [1.29, 1.82) is 0 Å². The first-order valence-electron chi connectivity index (χ1n) is 3.46. The number of quaternary nitrogens is 3. The number of hydrogen-bond donors (Lipinski definition) is 3. The van der Waals surface area contributed by atoms with Crippen LogP contribution in [0.4, 0.5) is 0 Å². The van der Waals surface area contributed by atoms with E-state index in [1.54, 1.807) is 13.8 Å². The summed E-state index contributed by atoms with van der Waals surface area (Å²) in [5.74, 6) is -0.995. The van der Waals surface area contributed by atoms with Gasteiger partial charge in [-0.05, 0) is 6.42 Å². The van der Waals surface area contributed by atoms with Crippen molar-refractivity contribution in [2.45, 2.75) is 27.2 Å². The predicted octanol–water partition coefficient (Wildman–Crippen LogP) is -0.992. The molecule has 0 aliphatic carbocycles. The third-order valence-corrected chi connectivity index (χ3v) is 0.289. The van der Waals surface area contributed by atoms with Crippen LogP contribution in [0.1, 0.15) is 27.2 Å². The zero-order valence-corrected chi connectivity index (χ0v) is 10.3. The zero-order chi connectivity index (χ0) is 9.70. The fraction of sp³-hybridized carbons (Fsp3) is 0.857. The van der Waals surface area contributed by atoms with Crippen molar-refractivity contribution in [3.8, 4) is 0 Å². The summed E-state index contributed by atoms with van der Waals surface area (Å²) in [6.07, 6.45) is 0.111. The molecule has 0 aliphatic rings. The Morgan fingerprint density at radius 1 is 0.929 bits per heavy atom. The monoisotopic (exact) mass is 217 g/mol. The SMILES string of the molecule is CCC(=O)[O-].CC[O-].CC[O-].[NH4+].[NH4+].[NH4+]. The Kier molecular flexibility index (Phi) is 152. The highest BCUT2D eigenvalue weighted by Gasteiger charge is 1.65. The van der Waals surface area contributed by atoms with Crippen molar-refractivity contribution in [2.24, 2.45) is 0 Å². The number of carbonyl (C=O) groups excluding carboxylic acids is 1. The van der Waals surface area contributed by atoms with Crippen LogP contribution in [0.25, 0.3) is 0 Å². The molecule has 0 heterocycles. The van der Waals surface area contributed by atoms with E-state index in [4.69, 9.17) is 10.2 Å². The maximum absolute atomic E-state index is 9.26. The molecular weight excluding hydrogens is 190 g/mol. The summed E-state index contributed by atoms with van der Waals surface area (Å²) in [5.41, 5.74) is 0. The molecule has 0 aromatic heterocycles. The summed E-state index contributed by atoms with van der Waals surface area (Å²) < 4.78 is 0. The summed E-state index contributed by atoms with van der Waals surface area (Å²) in [5, 5.41) is 27.1. The lowest BCUT2D eigenvalue weighted by atomic mass is 10.5. The van der Waals surface area contributed by atoms with Crippen molar-refractivity contribution in [3.05, 3.63) is 0 Å². The molecule has 0 fully saturated rings. The average molecular weight is 217 g/mol. The number of carbonyl (C=O) groups is 1. The molecule has 0 atom stereocenters. The van der Waals surface area contributed by atoms with Gasteiger partial charge in [0.15, 0.2) is 0 Å². The Bertz CT molecular complexity index is 72.0. The van der Waals surface area contributed by atoms with Crippen molar-refractivity contribution in [2.75, 3.05) is 13.2 Å². The first kappa shape index (κ1) is 37.8. The molecule has 0 amide bonds. The lowest BCUT2D eigenvalue weighted by Crippen LogP contribution is -2.19. The number of carboxylic acids is 1. The third-order valence-electron chi connectivity index (χ3n) is 0.289. The van der Waals surface area contributed by atoms with Gasteiger partial charge in [0.2, 0.25) is 0 Å². The first-order valence-corrected chi connectivity index (χ1v) is 3.46. The van der Waals surface area contributed by atoms with Crippen molar-refractivity contribution >= 4 is 5.97 Å². The normalized spacial score (nSPS) is 5.21. The van der Waals surface area contributed by atoms with Gasteiger partial charge < -0.3 is 38.6 Å². The van der Waals surface area contributed by atoms with E-state index in [0.29, 0.717) is 0 Å². The molecule has 0 bridgehead atoms. The Balaban J connectivity index is -0.0000000162. The molecule has 0 spiro atoms. The molecule has 7 nitrogen and oxygen atoms in total. The fourth-order valence-corrected chi connectivity index (χ4v) is 0. The number of carboxylic acid groups (broad SMARTS) is 1. The van der Waals surface area contributed by atoms with Crippen LogP contribution >= 0.6 is 0 Å². The minimum absolute atomic E-state index is 0. The van der Waals surface area contributed by atoms with Gasteiger partial charge in [-0.1, -0.05) is 20.8 Å². The summed E-state index contributed by atoms with van der Waals surface area (Å²) in [6, 6.07) is 0. The minimum Gasteiger partial charge on any atom is -0.855 e. The first-order chi connectivity index (χ1) is 5.10. The van der Waals surface area contributed by atoms with Crippen LogP contribution in [-0.4, -0.2) is 19.2 Å². The van der Waals surface area contributed by atoms with Gasteiger partial charge in [0.1, 0.15) is 0 Å². The molecule has 0 saturated heterocycles. The van der Waals surface area contributed by atoms with Crippen LogP contribution in [0.3, 0.4) is 0 Å². The third kappa shape index (κ3) is 737. The van der Waals surface area contributed by atoms with Gasteiger partial charge in [-0.3, -0.25) is 0 Å². The van der Waals surface area contributed by atoms with Gasteiger partial charge >= 0.3 is 0 Å². The lowest BCUT2D eigenvalue weighted by molar-refractivity contribution is -0.362. The highest BCUT2D eigenvalue weighted by molar-refractivity contribution is 5.63. The Labute approximate surface area is 85.9 Å². The second-order valence-corrected chi connectivity index (χ2v) is 1.30. The van der Waals surface area contributed by atoms with E-state index in [1.165, 1.54) is 6.92 Å². The van der Waals surface area contributed by atoms with Gasteiger partial charge in [0.05, 0.1) is 0 Å². The van der Waals surface area contributed by atoms with Crippen LogP contribution in [0, 0.1) is 0 Å². The molecule has 14 heavy (non-hydrogen) atoms. The van der Waals surface area contributed by atoms with E-state index in [1.807, 2.05) is 0 Å². The smallest absolute Gasteiger partial charge is 0.0411 e. The molecule has 7 heteroatoms. The van der Waals surface area contributed by atoms with E-state index in [0.717, 1.165) is 0 Å². The van der Waals surface area contributed by atoms with Crippen LogP contribution in [0.5, 0.6) is 0 Å². The van der Waals surface area contributed by atoms with Gasteiger partial charge in [-0.15, -0.1) is 13.2 Å². The minimum atomic E-state index is -0.995. The summed E-state index contributed by atoms with van der Waals surface area (Å²) >= 11 is 0. The van der Waals surface area contributed by atoms with E-state index >= 15 is 0 Å². The van der Waals surface area contributed by atoms with Gasteiger partial charge in [0, 0.05) is 5.97 Å². The van der Waals surface area contributed by atoms with Crippen molar-refractivity contribution < 1.29 is 20.1 Å². The fourth-order valence-electron chi connectivity index (χ4n) is 0. The van der Waals surface area contributed by atoms with Crippen LogP contribution in [0.15, 0.2) is 0 Å². The second-order valence-electron chi connectivity index (χ2n) is 1.30. The lowest BCUT2D eigenvalue weighted by Gasteiger charge is -1.87. The largest absolute Gasteiger partial charge is 0.855 e. The van der Waals surface area contributed by atoms with Crippen LogP contribution in [-0.2, 0) is 4.79 Å². The van der Waals surface area contributed by atoms with Gasteiger partial charge in [-0.25, -0.2) is 0 Å². The highest BCUT2D eigenvalue weighted by Crippen LogP contribution is 1.61. The molecule has 0 aromatic rings.